The standard InChI is InChI=1S/C23H21N3O5/c1-13-9-19-21(20(17-5-4-8-30-17)15(11-24)22(25)31-19)23(27)26(13)12-14-6-7-16(28-2)18(10-14)29-3/h4-10,20H,12,25H2,1-3H3. The number of ether oxygens (including phenoxy) is 3. The molecule has 0 fully saturated rings. The molecule has 0 bridgehead atoms. The number of hydrogen-bond donors (Lipinski definition) is 1. The summed E-state index contributed by atoms with van der Waals surface area (Å²) in [6.07, 6.45) is 1.49. The van der Waals surface area contributed by atoms with E-state index in [-0.39, 0.29) is 17.0 Å². The normalized spacial score (nSPS) is 15.1. The molecule has 4 rings (SSSR count). The van der Waals surface area contributed by atoms with Crippen molar-refractivity contribution in [3.8, 4) is 23.3 Å². The Morgan fingerprint density at radius 1 is 1.19 bits per heavy atom. The molecule has 2 aromatic heterocycles. The monoisotopic (exact) mass is 419 g/mol. The zero-order valence-electron chi connectivity index (χ0n) is 17.3. The molecular weight excluding hydrogens is 398 g/mol. The van der Waals surface area contributed by atoms with Crippen molar-refractivity contribution in [2.24, 2.45) is 5.73 Å². The van der Waals surface area contributed by atoms with Crippen molar-refractivity contribution < 1.29 is 18.6 Å². The highest BCUT2D eigenvalue weighted by Gasteiger charge is 2.36. The lowest BCUT2D eigenvalue weighted by molar-refractivity contribution is 0.354. The average Bonchev–Trinajstić information content (AvgIpc) is 3.30. The van der Waals surface area contributed by atoms with Gasteiger partial charge in [-0.15, -0.1) is 0 Å². The van der Waals surface area contributed by atoms with Gasteiger partial charge >= 0.3 is 0 Å². The van der Waals surface area contributed by atoms with E-state index in [1.165, 1.54) is 6.26 Å². The number of allylic oxidation sites excluding steroid dienone is 1. The third-order valence-electron chi connectivity index (χ3n) is 5.31. The largest absolute Gasteiger partial charge is 0.493 e. The quantitative estimate of drug-likeness (QED) is 0.676. The first kappa shape index (κ1) is 20.2. The fourth-order valence-corrected chi connectivity index (χ4v) is 3.78. The van der Waals surface area contributed by atoms with Crippen molar-refractivity contribution in [1.82, 2.24) is 4.57 Å². The van der Waals surface area contributed by atoms with Gasteiger partial charge in [-0.25, -0.2) is 0 Å². The van der Waals surface area contributed by atoms with Crippen LogP contribution in [0.4, 0.5) is 0 Å². The summed E-state index contributed by atoms with van der Waals surface area (Å²) < 4.78 is 23.5. The molecular formula is C23H21N3O5. The van der Waals surface area contributed by atoms with Crippen molar-refractivity contribution in [2.45, 2.75) is 19.4 Å². The molecule has 3 aromatic rings. The van der Waals surface area contributed by atoms with Crippen molar-refractivity contribution in [1.29, 1.82) is 5.26 Å². The van der Waals surface area contributed by atoms with Gasteiger partial charge in [0.15, 0.2) is 11.5 Å². The van der Waals surface area contributed by atoms with Crippen LogP contribution in [0.5, 0.6) is 17.2 Å². The van der Waals surface area contributed by atoms with Crippen LogP contribution in [-0.2, 0) is 6.54 Å². The first-order valence-corrected chi connectivity index (χ1v) is 9.54. The maximum atomic E-state index is 13.6. The van der Waals surface area contributed by atoms with E-state index < -0.39 is 5.92 Å². The summed E-state index contributed by atoms with van der Waals surface area (Å²) in [6.45, 7) is 2.11. The molecule has 1 aliphatic heterocycles. The lowest BCUT2D eigenvalue weighted by Gasteiger charge is -2.26. The predicted molar refractivity (Wildman–Crippen MR) is 112 cm³/mol. The Hall–Kier alpha value is -4.12. The molecule has 0 saturated heterocycles. The Morgan fingerprint density at radius 3 is 2.61 bits per heavy atom. The highest BCUT2D eigenvalue weighted by Crippen LogP contribution is 2.40. The van der Waals surface area contributed by atoms with Gasteiger partial charge < -0.3 is 28.9 Å². The first-order valence-electron chi connectivity index (χ1n) is 9.54. The number of pyridine rings is 1. The molecule has 0 radical (unpaired) electrons. The summed E-state index contributed by atoms with van der Waals surface area (Å²) in [4.78, 5) is 13.6. The van der Waals surface area contributed by atoms with Gasteiger partial charge in [0.25, 0.3) is 5.56 Å². The van der Waals surface area contributed by atoms with Crippen molar-refractivity contribution >= 4 is 0 Å². The summed E-state index contributed by atoms with van der Waals surface area (Å²) in [5.41, 5.74) is 7.68. The van der Waals surface area contributed by atoms with Crippen LogP contribution in [0.25, 0.3) is 0 Å². The second kappa shape index (κ2) is 7.95. The lowest BCUT2D eigenvalue weighted by Crippen LogP contribution is -2.32. The third-order valence-corrected chi connectivity index (χ3v) is 5.31. The number of rotatable bonds is 5. The summed E-state index contributed by atoms with van der Waals surface area (Å²) in [5, 5.41) is 9.67. The van der Waals surface area contributed by atoms with E-state index in [1.807, 2.05) is 19.1 Å². The molecule has 8 nitrogen and oxygen atoms in total. The molecule has 1 atom stereocenters. The van der Waals surface area contributed by atoms with Crippen LogP contribution in [0, 0.1) is 18.3 Å². The Labute approximate surface area is 178 Å². The molecule has 1 aliphatic rings. The Bertz CT molecular complexity index is 1270. The minimum atomic E-state index is -0.742. The number of nitrogens with two attached hydrogens (primary N) is 1. The topological polar surface area (TPSA) is 113 Å². The molecule has 2 N–H and O–H groups in total. The Kier molecular flexibility index (Phi) is 5.17. The number of methoxy groups -OCH3 is 2. The molecule has 31 heavy (non-hydrogen) atoms. The molecule has 8 heteroatoms. The second-order valence-corrected chi connectivity index (χ2v) is 7.08. The number of nitrogens with zero attached hydrogens (tertiary/aromatic N) is 2. The fraction of sp³-hybridized carbons (Fsp3) is 0.217. The summed E-state index contributed by atoms with van der Waals surface area (Å²) in [6, 6.07) is 12.7. The highest BCUT2D eigenvalue weighted by atomic mass is 16.5. The Morgan fingerprint density at radius 2 is 1.97 bits per heavy atom. The average molecular weight is 419 g/mol. The van der Waals surface area contributed by atoms with E-state index in [2.05, 4.69) is 6.07 Å². The fourth-order valence-electron chi connectivity index (χ4n) is 3.78. The van der Waals surface area contributed by atoms with Crippen LogP contribution >= 0.6 is 0 Å². The second-order valence-electron chi connectivity index (χ2n) is 7.08. The van der Waals surface area contributed by atoms with Gasteiger partial charge in [0.1, 0.15) is 23.2 Å². The maximum Gasteiger partial charge on any atom is 0.259 e. The third kappa shape index (κ3) is 3.40. The van der Waals surface area contributed by atoms with Gasteiger partial charge in [-0.3, -0.25) is 4.79 Å². The van der Waals surface area contributed by atoms with E-state index in [9.17, 15) is 10.1 Å². The summed E-state index contributed by atoms with van der Waals surface area (Å²) in [7, 11) is 3.12. The van der Waals surface area contributed by atoms with Crippen LogP contribution in [0.3, 0.4) is 0 Å². The molecule has 0 aliphatic carbocycles. The smallest absolute Gasteiger partial charge is 0.259 e. The van der Waals surface area contributed by atoms with E-state index >= 15 is 0 Å². The maximum absolute atomic E-state index is 13.6. The molecule has 0 saturated carbocycles. The highest BCUT2D eigenvalue weighted by molar-refractivity contribution is 5.53. The number of benzene rings is 1. The van der Waals surface area contributed by atoms with Crippen molar-refractivity contribution in [2.75, 3.05) is 14.2 Å². The minimum absolute atomic E-state index is 0.0344. The predicted octanol–water partition coefficient (Wildman–Crippen LogP) is 3.03. The van der Waals surface area contributed by atoms with Crippen LogP contribution in [0.1, 0.15) is 28.5 Å². The summed E-state index contributed by atoms with van der Waals surface area (Å²) in [5.74, 6) is 1.17. The number of aromatic nitrogens is 1. The van der Waals surface area contributed by atoms with Crippen LogP contribution < -0.4 is 25.5 Å². The molecule has 0 amide bonds. The minimum Gasteiger partial charge on any atom is -0.493 e. The van der Waals surface area contributed by atoms with Crippen LogP contribution in [0.2, 0.25) is 0 Å². The molecule has 158 valence electrons. The molecule has 1 unspecified atom stereocenters. The van der Waals surface area contributed by atoms with Gasteiger partial charge in [0.2, 0.25) is 5.88 Å². The van der Waals surface area contributed by atoms with Gasteiger partial charge in [-0.1, -0.05) is 6.07 Å². The van der Waals surface area contributed by atoms with E-state index in [0.717, 1.165) is 5.56 Å². The van der Waals surface area contributed by atoms with Crippen molar-refractivity contribution in [3.63, 3.8) is 0 Å². The number of aryl methyl sites for hydroxylation is 1. The van der Waals surface area contributed by atoms with Gasteiger partial charge in [0, 0.05) is 11.8 Å². The molecule has 1 aromatic carbocycles. The van der Waals surface area contributed by atoms with Crippen molar-refractivity contribution in [3.05, 3.63) is 87.1 Å². The van der Waals surface area contributed by atoms with E-state index in [0.29, 0.717) is 40.8 Å². The SMILES string of the molecule is COc1ccc(Cn2c(C)cc3c(c2=O)C(c2ccco2)C(C#N)=C(N)O3)cc1OC. The zero-order chi connectivity index (χ0) is 22.1. The number of furan rings is 1. The zero-order valence-corrected chi connectivity index (χ0v) is 17.3. The van der Waals surface area contributed by atoms with Gasteiger partial charge in [-0.05, 0) is 36.8 Å². The first-order chi connectivity index (χ1) is 15.0. The number of hydrogen-bond acceptors (Lipinski definition) is 7. The van der Waals surface area contributed by atoms with E-state index in [1.54, 1.807) is 43.1 Å². The van der Waals surface area contributed by atoms with Crippen LogP contribution in [0.15, 0.2) is 63.3 Å². The van der Waals surface area contributed by atoms with Gasteiger partial charge in [-0.2, -0.15) is 5.26 Å². The summed E-state index contributed by atoms with van der Waals surface area (Å²) >= 11 is 0. The Balaban J connectivity index is 1.85. The van der Waals surface area contributed by atoms with E-state index in [4.69, 9.17) is 24.4 Å². The lowest BCUT2D eigenvalue weighted by atomic mass is 9.88. The number of fused-ring (bicyclic) bond motifs is 1. The van der Waals surface area contributed by atoms with Crippen LogP contribution in [-0.4, -0.2) is 18.8 Å². The van der Waals surface area contributed by atoms with Gasteiger partial charge in [0.05, 0.1) is 38.5 Å². The number of nitriles is 1. The molecule has 3 heterocycles. The molecule has 0 spiro atoms.